The summed E-state index contributed by atoms with van der Waals surface area (Å²) in [4.78, 5) is 0. The number of rotatable bonds is 6. The molecule has 94 valence electrons. The van der Waals surface area contributed by atoms with Crippen LogP contribution in [0.15, 0.2) is 24.3 Å². The number of phenolic OH excluding ortho intramolecular Hbond substituents is 1. The van der Waals surface area contributed by atoms with Gasteiger partial charge in [0.05, 0.1) is 19.3 Å². The zero-order valence-electron chi connectivity index (χ0n) is 9.80. The van der Waals surface area contributed by atoms with Crippen molar-refractivity contribution in [3.05, 3.63) is 24.3 Å². The van der Waals surface area contributed by atoms with Gasteiger partial charge in [0.15, 0.2) is 0 Å². The van der Waals surface area contributed by atoms with Crippen molar-refractivity contribution in [3.63, 3.8) is 0 Å². The van der Waals surface area contributed by atoms with Gasteiger partial charge in [-0.3, -0.25) is 0 Å². The van der Waals surface area contributed by atoms with Crippen LogP contribution in [0.3, 0.4) is 0 Å². The molecule has 0 spiro atoms. The molecule has 0 aliphatic carbocycles. The highest BCUT2D eigenvalue weighted by Crippen LogP contribution is 2.15. The minimum Gasteiger partial charge on any atom is -0.508 e. The Morgan fingerprint density at radius 3 is 2.76 bits per heavy atom. The molecule has 17 heavy (non-hydrogen) atoms. The van der Waals surface area contributed by atoms with E-state index < -0.39 is 0 Å². The molecule has 0 bridgehead atoms. The molecule has 1 fully saturated rings. The molecule has 1 unspecified atom stereocenters. The van der Waals surface area contributed by atoms with E-state index in [1.165, 1.54) is 0 Å². The fraction of sp³-hybridized carbons (Fsp3) is 0.538. The summed E-state index contributed by atoms with van der Waals surface area (Å²) in [5.74, 6) is 0.982. The maximum Gasteiger partial charge on any atom is 0.119 e. The number of benzene rings is 1. The summed E-state index contributed by atoms with van der Waals surface area (Å²) in [6.45, 7) is 2.58. The van der Waals surface area contributed by atoms with Crippen LogP contribution in [0.2, 0.25) is 0 Å². The van der Waals surface area contributed by atoms with Crippen molar-refractivity contribution in [2.24, 2.45) is 0 Å². The van der Waals surface area contributed by atoms with Gasteiger partial charge in [-0.15, -0.1) is 0 Å². The van der Waals surface area contributed by atoms with Crippen molar-refractivity contribution >= 4 is 0 Å². The second-order valence-electron chi connectivity index (χ2n) is 4.05. The largest absolute Gasteiger partial charge is 0.508 e. The van der Waals surface area contributed by atoms with Gasteiger partial charge < -0.3 is 19.3 Å². The molecule has 1 N–H and O–H groups in total. The van der Waals surface area contributed by atoms with Gasteiger partial charge in [-0.2, -0.15) is 0 Å². The Hall–Kier alpha value is -1.26. The SMILES string of the molecule is Oc1ccc(OCCOCC2CCCO2)cc1. The highest BCUT2D eigenvalue weighted by molar-refractivity contribution is 5.29. The highest BCUT2D eigenvalue weighted by Gasteiger charge is 2.14. The van der Waals surface area contributed by atoms with E-state index in [-0.39, 0.29) is 11.9 Å². The zero-order valence-corrected chi connectivity index (χ0v) is 9.80. The first-order valence-electron chi connectivity index (χ1n) is 5.96. The first-order chi connectivity index (χ1) is 8.34. The van der Waals surface area contributed by atoms with Gasteiger partial charge >= 0.3 is 0 Å². The van der Waals surface area contributed by atoms with Crippen LogP contribution in [0, 0.1) is 0 Å². The molecule has 1 atom stereocenters. The predicted octanol–water partition coefficient (Wildman–Crippen LogP) is 1.97. The number of phenols is 1. The van der Waals surface area contributed by atoms with Crippen LogP contribution in [0.5, 0.6) is 11.5 Å². The molecule has 0 amide bonds. The van der Waals surface area contributed by atoms with Crippen molar-refractivity contribution in [3.8, 4) is 11.5 Å². The van der Waals surface area contributed by atoms with Gasteiger partial charge in [0.1, 0.15) is 18.1 Å². The third-order valence-corrected chi connectivity index (χ3v) is 2.66. The van der Waals surface area contributed by atoms with E-state index in [0.717, 1.165) is 25.2 Å². The molecular weight excluding hydrogens is 220 g/mol. The minimum absolute atomic E-state index is 0.243. The van der Waals surface area contributed by atoms with Crippen molar-refractivity contribution in [1.82, 2.24) is 0 Å². The molecule has 4 nitrogen and oxygen atoms in total. The summed E-state index contributed by atoms with van der Waals surface area (Å²) < 4.78 is 16.3. The standard InChI is InChI=1S/C13H18O4/c14-11-3-5-12(6-4-11)17-9-8-15-10-13-2-1-7-16-13/h3-6,13-14H,1-2,7-10H2. The van der Waals surface area contributed by atoms with Crippen LogP contribution in [0.4, 0.5) is 0 Å². The van der Waals surface area contributed by atoms with E-state index in [1.54, 1.807) is 24.3 Å². The van der Waals surface area contributed by atoms with Gasteiger partial charge in [0, 0.05) is 6.61 Å². The molecule has 0 saturated carbocycles. The van der Waals surface area contributed by atoms with Gasteiger partial charge in [-0.25, -0.2) is 0 Å². The second kappa shape index (κ2) is 6.47. The van der Waals surface area contributed by atoms with Crippen LogP contribution in [-0.4, -0.2) is 37.6 Å². The Kier molecular flexibility index (Phi) is 4.64. The van der Waals surface area contributed by atoms with Crippen LogP contribution < -0.4 is 4.74 Å². The molecule has 1 aromatic rings. The average molecular weight is 238 g/mol. The van der Waals surface area contributed by atoms with Crippen LogP contribution >= 0.6 is 0 Å². The van der Waals surface area contributed by atoms with Crippen LogP contribution in [0.25, 0.3) is 0 Å². The maximum absolute atomic E-state index is 9.09. The fourth-order valence-electron chi connectivity index (χ4n) is 1.75. The number of ether oxygens (including phenoxy) is 3. The van der Waals surface area contributed by atoms with Crippen LogP contribution in [0.1, 0.15) is 12.8 Å². The lowest BCUT2D eigenvalue weighted by Crippen LogP contribution is -2.17. The van der Waals surface area contributed by atoms with E-state index in [9.17, 15) is 0 Å². The topological polar surface area (TPSA) is 47.9 Å². The van der Waals surface area contributed by atoms with Crippen molar-refractivity contribution in [1.29, 1.82) is 0 Å². The summed E-state index contributed by atoms with van der Waals surface area (Å²) >= 11 is 0. The van der Waals surface area contributed by atoms with Crippen molar-refractivity contribution < 1.29 is 19.3 Å². The highest BCUT2D eigenvalue weighted by atomic mass is 16.5. The van der Waals surface area contributed by atoms with Gasteiger partial charge in [0.2, 0.25) is 0 Å². The zero-order chi connectivity index (χ0) is 11.9. The molecule has 1 saturated heterocycles. The lowest BCUT2D eigenvalue weighted by atomic mass is 10.2. The number of aromatic hydroxyl groups is 1. The van der Waals surface area contributed by atoms with E-state index in [1.807, 2.05) is 0 Å². The number of hydrogen-bond acceptors (Lipinski definition) is 4. The quantitative estimate of drug-likeness (QED) is 0.770. The normalized spacial score (nSPS) is 19.4. The predicted molar refractivity (Wildman–Crippen MR) is 63.4 cm³/mol. The Balaban J connectivity index is 1.55. The molecule has 0 aromatic heterocycles. The third kappa shape index (κ3) is 4.24. The second-order valence-corrected chi connectivity index (χ2v) is 4.05. The molecule has 2 rings (SSSR count). The van der Waals surface area contributed by atoms with E-state index in [2.05, 4.69) is 0 Å². The summed E-state index contributed by atoms with van der Waals surface area (Å²) in [5.41, 5.74) is 0. The van der Waals surface area contributed by atoms with Gasteiger partial charge in [0.25, 0.3) is 0 Å². The van der Waals surface area contributed by atoms with Crippen LogP contribution in [-0.2, 0) is 9.47 Å². The summed E-state index contributed by atoms with van der Waals surface area (Å²) in [5, 5.41) is 9.09. The van der Waals surface area contributed by atoms with Crippen molar-refractivity contribution in [2.45, 2.75) is 18.9 Å². The summed E-state index contributed by atoms with van der Waals surface area (Å²) in [6, 6.07) is 6.66. The molecule has 1 heterocycles. The first kappa shape index (κ1) is 12.2. The average Bonchev–Trinajstić information content (AvgIpc) is 2.84. The Labute approximate surface area is 101 Å². The maximum atomic E-state index is 9.09. The fourth-order valence-corrected chi connectivity index (χ4v) is 1.75. The van der Waals surface area contributed by atoms with Crippen molar-refractivity contribution in [2.75, 3.05) is 26.4 Å². The van der Waals surface area contributed by atoms with E-state index in [4.69, 9.17) is 19.3 Å². The van der Waals surface area contributed by atoms with Gasteiger partial charge in [-0.05, 0) is 37.1 Å². The monoisotopic (exact) mass is 238 g/mol. The summed E-state index contributed by atoms with van der Waals surface area (Å²) in [7, 11) is 0. The molecule has 0 radical (unpaired) electrons. The molecule has 1 aromatic carbocycles. The smallest absolute Gasteiger partial charge is 0.119 e. The molecule has 1 aliphatic rings. The lowest BCUT2D eigenvalue weighted by molar-refractivity contribution is 0.00853. The Morgan fingerprint density at radius 2 is 2.06 bits per heavy atom. The van der Waals surface area contributed by atoms with E-state index in [0.29, 0.717) is 19.8 Å². The van der Waals surface area contributed by atoms with E-state index >= 15 is 0 Å². The minimum atomic E-state index is 0.243. The first-order valence-corrected chi connectivity index (χ1v) is 5.96. The molecular formula is C13H18O4. The Morgan fingerprint density at radius 1 is 1.24 bits per heavy atom. The molecule has 4 heteroatoms. The molecule has 1 aliphatic heterocycles. The Bertz CT molecular complexity index is 317. The third-order valence-electron chi connectivity index (χ3n) is 2.66. The number of hydrogen-bond donors (Lipinski definition) is 1. The lowest BCUT2D eigenvalue weighted by Gasteiger charge is -2.10. The summed E-state index contributed by atoms with van der Waals surface area (Å²) in [6.07, 6.45) is 2.50. The van der Waals surface area contributed by atoms with Gasteiger partial charge in [-0.1, -0.05) is 0 Å².